The molecule has 0 bridgehead atoms. The number of methoxy groups -OCH3 is 1. The standard InChI is InChI=1S/C40H53N7O18S/c1-40(2,3)29-14-16-30(17-15-29)66(54,55)45(28-62-39(49)60-24-22-57-23-27-64-47(52)53)36-33(65-32-13-8-7-12-31(32)56-4)37(44-35(43-36)34-41-18-11-19-42-34)58-25-26-61-38(48)59-20-9-5-6-10-21-63-46(50)51/h7-8,11-19,50-53H,5-6,9-10,20-28H2,1-4H3. The van der Waals surface area contributed by atoms with Crippen molar-refractivity contribution in [2.45, 2.75) is 56.8 Å². The van der Waals surface area contributed by atoms with E-state index in [0.717, 1.165) is 5.56 Å². The Morgan fingerprint density at radius 2 is 1.24 bits per heavy atom. The van der Waals surface area contributed by atoms with E-state index >= 15 is 0 Å². The van der Waals surface area contributed by atoms with Crippen molar-refractivity contribution in [3.05, 3.63) is 72.6 Å². The lowest BCUT2D eigenvalue weighted by Crippen LogP contribution is -2.36. The van der Waals surface area contributed by atoms with Gasteiger partial charge in [-0.25, -0.2) is 42.1 Å². The molecule has 4 N–H and O–H groups in total. The van der Waals surface area contributed by atoms with Gasteiger partial charge in [0, 0.05) is 12.4 Å². The average Bonchev–Trinajstić information content (AvgIpc) is 3.29. The quantitative estimate of drug-likeness (QED) is 0.0237. The number of ether oxygens (including phenoxy) is 8. The number of anilines is 1. The highest BCUT2D eigenvalue weighted by Gasteiger charge is 2.35. The van der Waals surface area contributed by atoms with Gasteiger partial charge in [-0.3, -0.25) is 25.7 Å². The van der Waals surface area contributed by atoms with Crippen molar-refractivity contribution in [1.29, 1.82) is 0 Å². The highest BCUT2D eigenvalue weighted by molar-refractivity contribution is 7.92. The number of nitrogens with zero attached hydrogens (tertiary/aromatic N) is 7. The van der Waals surface area contributed by atoms with Crippen LogP contribution in [0, 0.1) is 0 Å². The summed E-state index contributed by atoms with van der Waals surface area (Å²) in [5.41, 5.74) is 0.479. The van der Waals surface area contributed by atoms with E-state index in [4.69, 9.17) is 58.7 Å². The van der Waals surface area contributed by atoms with Gasteiger partial charge in [0.2, 0.25) is 11.6 Å². The van der Waals surface area contributed by atoms with Crippen molar-refractivity contribution in [2.24, 2.45) is 0 Å². The molecule has 0 unspecified atom stereocenters. The van der Waals surface area contributed by atoms with E-state index in [-0.39, 0.29) is 91.7 Å². The molecule has 2 heterocycles. The van der Waals surface area contributed by atoms with Crippen LogP contribution in [0.3, 0.4) is 0 Å². The fourth-order valence-electron chi connectivity index (χ4n) is 5.38. The predicted octanol–water partition coefficient (Wildman–Crippen LogP) is 5.47. The zero-order valence-electron chi connectivity index (χ0n) is 36.6. The number of unbranched alkanes of at least 4 members (excludes halogenated alkanes) is 3. The second-order valence-corrected chi connectivity index (χ2v) is 16.2. The Morgan fingerprint density at radius 3 is 1.89 bits per heavy atom. The maximum Gasteiger partial charge on any atom is 0.510 e. The van der Waals surface area contributed by atoms with E-state index in [1.54, 1.807) is 30.3 Å². The Morgan fingerprint density at radius 1 is 0.652 bits per heavy atom. The van der Waals surface area contributed by atoms with E-state index < -0.39 is 51.9 Å². The van der Waals surface area contributed by atoms with Gasteiger partial charge >= 0.3 is 12.3 Å². The number of aromatic nitrogens is 4. The molecule has 4 aromatic rings. The third-order valence-corrected chi connectivity index (χ3v) is 10.3. The molecule has 0 spiro atoms. The van der Waals surface area contributed by atoms with Crippen molar-refractivity contribution >= 4 is 28.2 Å². The van der Waals surface area contributed by atoms with Crippen LogP contribution in [0.25, 0.3) is 11.6 Å². The van der Waals surface area contributed by atoms with Crippen molar-refractivity contribution in [3.8, 4) is 34.8 Å². The van der Waals surface area contributed by atoms with Crippen LogP contribution in [0.4, 0.5) is 15.4 Å². The summed E-state index contributed by atoms with van der Waals surface area (Å²) in [5, 5.41) is 33.6. The third-order valence-electron chi connectivity index (χ3n) is 8.60. The van der Waals surface area contributed by atoms with Gasteiger partial charge in [-0.05, 0) is 60.6 Å². The highest BCUT2D eigenvalue weighted by atomic mass is 32.2. The number of rotatable bonds is 28. The molecule has 0 aliphatic carbocycles. The summed E-state index contributed by atoms with van der Waals surface area (Å²) in [6.45, 7) is 3.31. The predicted molar refractivity (Wildman–Crippen MR) is 223 cm³/mol. The summed E-state index contributed by atoms with van der Waals surface area (Å²) in [5.74, 6) is -1.42. The first-order valence-corrected chi connectivity index (χ1v) is 21.6. The number of hydrogen-bond acceptors (Lipinski definition) is 24. The van der Waals surface area contributed by atoms with Crippen molar-refractivity contribution in [1.82, 2.24) is 30.7 Å². The molecule has 2 aromatic heterocycles. The number of sulfonamides is 1. The smallest absolute Gasteiger partial charge is 0.493 e. The molecule has 2 aromatic carbocycles. The Labute approximate surface area is 379 Å². The molecular formula is C40H53N7O18S. The fraction of sp³-hybridized carbons (Fsp3) is 0.450. The number of para-hydroxylation sites is 2. The lowest BCUT2D eigenvalue weighted by atomic mass is 9.87. The maximum atomic E-state index is 14.8. The molecule has 0 atom stereocenters. The second-order valence-electron chi connectivity index (χ2n) is 14.3. The normalized spacial score (nSPS) is 11.6. The molecule has 26 heteroatoms. The van der Waals surface area contributed by atoms with Gasteiger partial charge in [0.15, 0.2) is 29.9 Å². The van der Waals surface area contributed by atoms with E-state index in [2.05, 4.69) is 29.6 Å². The van der Waals surface area contributed by atoms with E-state index in [1.165, 1.54) is 43.8 Å². The summed E-state index contributed by atoms with van der Waals surface area (Å²) in [4.78, 5) is 51.5. The fourth-order valence-corrected chi connectivity index (χ4v) is 6.66. The van der Waals surface area contributed by atoms with Crippen LogP contribution in [-0.4, -0.2) is 139 Å². The maximum absolute atomic E-state index is 14.8. The molecule has 362 valence electrons. The first kappa shape index (κ1) is 52.6. The lowest BCUT2D eigenvalue weighted by Gasteiger charge is -2.26. The van der Waals surface area contributed by atoms with Gasteiger partial charge in [0.1, 0.15) is 19.8 Å². The largest absolute Gasteiger partial charge is 0.510 e. The van der Waals surface area contributed by atoms with Crippen molar-refractivity contribution < 1.29 is 86.4 Å². The van der Waals surface area contributed by atoms with E-state index in [9.17, 15) is 18.0 Å². The van der Waals surface area contributed by atoms with Gasteiger partial charge < -0.3 is 37.9 Å². The summed E-state index contributed by atoms with van der Waals surface area (Å²) in [6.07, 6.45) is 2.84. The number of carbonyl (C=O) groups is 2. The first-order chi connectivity index (χ1) is 31.6. The molecule has 0 fully saturated rings. The Kier molecular flexibility index (Phi) is 21.3. The van der Waals surface area contributed by atoms with E-state index in [1.807, 2.05) is 20.8 Å². The Bertz CT molecular complexity index is 2200. The SMILES string of the molecule is COc1ccccc1Oc1c(OCCOC(=O)OCCCCCCON(O)O)nc(-c2ncccn2)nc1N(COC(=O)OCCOCCON(O)O)S(=O)(=O)c1ccc(C(C)(C)C)cc1. The van der Waals surface area contributed by atoms with Crippen LogP contribution in [-0.2, 0) is 48.8 Å². The Balaban J connectivity index is 1.69. The van der Waals surface area contributed by atoms with Crippen LogP contribution < -0.4 is 18.5 Å². The summed E-state index contributed by atoms with van der Waals surface area (Å²) >= 11 is 0. The molecule has 0 amide bonds. The molecule has 25 nitrogen and oxygen atoms in total. The summed E-state index contributed by atoms with van der Waals surface area (Å²) in [6, 6.07) is 13.9. The molecule has 0 aliphatic rings. The minimum atomic E-state index is -4.75. The van der Waals surface area contributed by atoms with Crippen LogP contribution in [0.1, 0.15) is 52.0 Å². The van der Waals surface area contributed by atoms with Gasteiger partial charge in [-0.2, -0.15) is 4.98 Å². The zero-order chi connectivity index (χ0) is 48.0. The van der Waals surface area contributed by atoms with Crippen molar-refractivity contribution in [3.63, 3.8) is 0 Å². The highest BCUT2D eigenvalue weighted by Crippen LogP contribution is 2.43. The minimum Gasteiger partial charge on any atom is -0.493 e. The van der Waals surface area contributed by atoms with Gasteiger partial charge in [-0.15, -0.1) is 0 Å². The monoisotopic (exact) mass is 951 g/mol. The zero-order valence-corrected chi connectivity index (χ0v) is 37.4. The molecular weight excluding hydrogens is 899 g/mol. The van der Waals surface area contributed by atoms with Crippen LogP contribution in [0.5, 0.6) is 23.1 Å². The van der Waals surface area contributed by atoms with Crippen molar-refractivity contribution in [2.75, 3.05) is 71.0 Å². The number of carbonyl (C=O) groups excluding carboxylic acids is 2. The van der Waals surface area contributed by atoms with Gasteiger partial charge in [-0.1, -0.05) is 51.5 Å². The second kappa shape index (κ2) is 26.8. The molecule has 0 saturated heterocycles. The molecule has 0 aliphatic heterocycles. The molecule has 0 radical (unpaired) electrons. The summed E-state index contributed by atoms with van der Waals surface area (Å²) in [7, 11) is -3.37. The van der Waals surface area contributed by atoms with Crippen LogP contribution in [0.2, 0.25) is 0 Å². The van der Waals surface area contributed by atoms with Crippen LogP contribution in [0.15, 0.2) is 71.9 Å². The third kappa shape index (κ3) is 17.4. The molecule has 66 heavy (non-hydrogen) atoms. The molecule has 0 saturated carbocycles. The topological polar surface area (TPSA) is 303 Å². The van der Waals surface area contributed by atoms with E-state index in [0.29, 0.717) is 30.0 Å². The first-order valence-electron chi connectivity index (χ1n) is 20.1. The lowest BCUT2D eigenvalue weighted by molar-refractivity contribution is -0.493. The molecule has 4 rings (SSSR count). The van der Waals surface area contributed by atoms with Gasteiger partial charge in [0.25, 0.3) is 15.9 Å². The average molecular weight is 952 g/mol. The van der Waals surface area contributed by atoms with Gasteiger partial charge in [0.05, 0.1) is 55.8 Å². The number of benzene rings is 2. The summed E-state index contributed by atoms with van der Waals surface area (Å²) < 4.78 is 74.1. The Hall–Kier alpha value is -6.07. The minimum absolute atomic E-state index is 0.0388. The van der Waals surface area contributed by atoms with Crippen LogP contribution >= 0.6 is 0 Å². The number of hydrogen-bond donors (Lipinski definition) is 4.